The van der Waals surface area contributed by atoms with Crippen LogP contribution in [0.4, 0.5) is 0 Å². The SMILES string of the molecule is COc1cccc(Oc2ccc(-c3cccc(C(=O)NCC(C)C)c3)nn2)c1. The first-order valence-electron chi connectivity index (χ1n) is 9.09. The second-order valence-corrected chi connectivity index (χ2v) is 6.72. The zero-order valence-corrected chi connectivity index (χ0v) is 16.2. The largest absolute Gasteiger partial charge is 0.497 e. The number of nitrogens with one attached hydrogen (secondary N) is 1. The Morgan fingerprint density at radius 1 is 1.00 bits per heavy atom. The van der Waals surface area contributed by atoms with E-state index in [2.05, 4.69) is 29.4 Å². The first kappa shape index (κ1) is 19.4. The van der Waals surface area contributed by atoms with Crippen LogP contribution in [0, 0.1) is 5.92 Å². The van der Waals surface area contributed by atoms with Crippen molar-refractivity contribution < 1.29 is 14.3 Å². The highest BCUT2D eigenvalue weighted by Gasteiger charge is 2.09. The molecule has 0 saturated carbocycles. The topological polar surface area (TPSA) is 73.3 Å². The van der Waals surface area contributed by atoms with Gasteiger partial charge in [0, 0.05) is 29.8 Å². The molecule has 0 atom stereocenters. The number of hydrogen-bond donors (Lipinski definition) is 1. The van der Waals surface area contributed by atoms with Crippen molar-refractivity contribution in [2.24, 2.45) is 5.92 Å². The molecule has 1 N–H and O–H groups in total. The minimum atomic E-state index is -0.0958. The molecule has 0 aliphatic rings. The fourth-order valence-corrected chi connectivity index (χ4v) is 2.53. The maximum atomic E-state index is 12.3. The van der Waals surface area contributed by atoms with Crippen LogP contribution in [0.1, 0.15) is 24.2 Å². The highest BCUT2D eigenvalue weighted by atomic mass is 16.5. The summed E-state index contributed by atoms with van der Waals surface area (Å²) in [5, 5.41) is 11.3. The molecule has 6 nitrogen and oxygen atoms in total. The average Bonchev–Trinajstić information content (AvgIpc) is 2.72. The molecule has 0 unspecified atom stereocenters. The van der Waals surface area contributed by atoms with E-state index in [1.54, 1.807) is 25.3 Å². The van der Waals surface area contributed by atoms with Crippen molar-refractivity contribution in [2.45, 2.75) is 13.8 Å². The van der Waals surface area contributed by atoms with Crippen LogP contribution in [0.15, 0.2) is 60.7 Å². The third-order valence-electron chi connectivity index (χ3n) is 4.00. The first-order valence-corrected chi connectivity index (χ1v) is 9.09. The number of rotatable bonds is 7. The van der Waals surface area contributed by atoms with Crippen molar-refractivity contribution in [3.05, 3.63) is 66.2 Å². The number of carbonyl (C=O) groups is 1. The Balaban J connectivity index is 1.72. The van der Waals surface area contributed by atoms with Gasteiger partial charge in [0.2, 0.25) is 5.88 Å². The maximum Gasteiger partial charge on any atom is 0.251 e. The van der Waals surface area contributed by atoms with Crippen molar-refractivity contribution in [3.63, 3.8) is 0 Å². The number of methoxy groups -OCH3 is 1. The van der Waals surface area contributed by atoms with E-state index >= 15 is 0 Å². The fourth-order valence-electron chi connectivity index (χ4n) is 2.53. The lowest BCUT2D eigenvalue weighted by Gasteiger charge is -2.09. The summed E-state index contributed by atoms with van der Waals surface area (Å²) in [6.45, 7) is 4.75. The fraction of sp³-hybridized carbons (Fsp3) is 0.227. The van der Waals surface area contributed by atoms with Crippen molar-refractivity contribution in [1.82, 2.24) is 15.5 Å². The zero-order chi connectivity index (χ0) is 19.9. The first-order chi connectivity index (χ1) is 13.5. The highest BCUT2D eigenvalue weighted by Crippen LogP contribution is 2.25. The van der Waals surface area contributed by atoms with Crippen molar-refractivity contribution in [3.8, 4) is 28.6 Å². The molecule has 144 valence electrons. The Morgan fingerprint density at radius 3 is 2.50 bits per heavy atom. The van der Waals surface area contributed by atoms with Crippen LogP contribution in [0.25, 0.3) is 11.3 Å². The van der Waals surface area contributed by atoms with E-state index < -0.39 is 0 Å². The normalized spacial score (nSPS) is 10.6. The van der Waals surface area contributed by atoms with E-state index in [1.165, 1.54) is 0 Å². The van der Waals surface area contributed by atoms with Crippen molar-refractivity contribution in [1.29, 1.82) is 0 Å². The summed E-state index contributed by atoms with van der Waals surface area (Å²) in [7, 11) is 1.60. The van der Waals surface area contributed by atoms with Crippen LogP contribution in [0.3, 0.4) is 0 Å². The highest BCUT2D eigenvalue weighted by molar-refractivity contribution is 5.95. The number of ether oxygens (including phenoxy) is 2. The summed E-state index contributed by atoms with van der Waals surface area (Å²) in [4.78, 5) is 12.3. The van der Waals surface area contributed by atoms with Crippen molar-refractivity contribution in [2.75, 3.05) is 13.7 Å². The molecule has 3 rings (SSSR count). The molecular formula is C22H23N3O3. The molecule has 0 spiro atoms. The van der Waals surface area contributed by atoms with E-state index in [9.17, 15) is 4.79 Å². The van der Waals surface area contributed by atoms with Gasteiger partial charge in [-0.2, -0.15) is 0 Å². The van der Waals surface area contributed by atoms with E-state index in [0.29, 0.717) is 41.1 Å². The summed E-state index contributed by atoms with van der Waals surface area (Å²) >= 11 is 0. The average molecular weight is 377 g/mol. The second kappa shape index (κ2) is 8.99. The lowest BCUT2D eigenvalue weighted by atomic mass is 10.1. The van der Waals surface area contributed by atoms with Gasteiger partial charge in [0.25, 0.3) is 5.91 Å². The number of carbonyl (C=O) groups excluding carboxylic acids is 1. The lowest BCUT2D eigenvalue weighted by Crippen LogP contribution is -2.27. The summed E-state index contributed by atoms with van der Waals surface area (Å²) in [5.74, 6) is 2.00. The van der Waals surface area contributed by atoms with Crippen LogP contribution >= 0.6 is 0 Å². The summed E-state index contributed by atoms with van der Waals surface area (Å²) in [6, 6.07) is 18.1. The molecule has 0 radical (unpaired) electrons. The van der Waals surface area contributed by atoms with E-state index in [1.807, 2.05) is 42.5 Å². The van der Waals surface area contributed by atoms with Gasteiger partial charge in [0.15, 0.2) is 0 Å². The molecule has 3 aromatic rings. The molecule has 0 bridgehead atoms. The van der Waals surface area contributed by atoms with Gasteiger partial charge < -0.3 is 14.8 Å². The molecule has 1 aromatic heterocycles. The van der Waals surface area contributed by atoms with Gasteiger partial charge in [-0.05, 0) is 36.2 Å². The van der Waals surface area contributed by atoms with Crippen LogP contribution in [-0.2, 0) is 0 Å². The number of hydrogen-bond acceptors (Lipinski definition) is 5. The van der Waals surface area contributed by atoms with Crippen LogP contribution < -0.4 is 14.8 Å². The van der Waals surface area contributed by atoms with Crippen molar-refractivity contribution >= 4 is 5.91 Å². The molecule has 0 fully saturated rings. The second-order valence-electron chi connectivity index (χ2n) is 6.72. The van der Waals surface area contributed by atoms with Gasteiger partial charge >= 0.3 is 0 Å². The van der Waals surface area contributed by atoms with Gasteiger partial charge in [-0.15, -0.1) is 10.2 Å². The third-order valence-corrected chi connectivity index (χ3v) is 4.00. The molecule has 0 aliphatic heterocycles. The van der Waals surface area contributed by atoms with Gasteiger partial charge in [-0.25, -0.2) is 0 Å². The van der Waals surface area contributed by atoms with Crippen LogP contribution in [0.2, 0.25) is 0 Å². The monoisotopic (exact) mass is 377 g/mol. The predicted molar refractivity (Wildman–Crippen MR) is 108 cm³/mol. The summed E-state index contributed by atoms with van der Waals surface area (Å²) < 4.78 is 10.9. The Kier molecular flexibility index (Phi) is 6.22. The number of nitrogens with zero attached hydrogens (tertiary/aromatic N) is 2. The summed E-state index contributed by atoms with van der Waals surface area (Å²) in [5.41, 5.74) is 2.07. The standard InChI is InChI=1S/C22H23N3O3/c1-15(2)14-23-22(26)17-7-4-6-16(12-17)20-10-11-21(25-24-20)28-19-9-5-8-18(13-19)27-3/h4-13,15H,14H2,1-3H3,(H,23,26). The number of aromatic nitrogens is 2. The Morgan fingerprint density at radius 2 is 1.79 bits per heavy atom. The Hall–Kier alpha value is -3.41. The van der Waals surface area contributed by atoms with E-state index in [4.69, 9.17) is 9.47 Å². The molecule has 1 amide bonds. The molecular weight excluding hydrogens is 354 g/mol. The maximum absolute atomic E-state index is 12.3. The molecule has 2 aromatic carbocycles. The van der Waals surface area contributed by atoms with Crippen LogP contribution in [-0.4, -0.2) is 29.8 Å². The molecule has 1 heterocycles. The minimum absolute atomic E-state index is 0.0958. The molecule has 6 heteroatoms. The van der Waals surface area contributed by atoms with E-state index in [0.717, 1.165) is 5.56 Å². The lowest BCUT2D eigenvalue weighted by molar-refractivity contribution is 0.0949. The van der Waals surface area contributed by atoms with Gasteiger partial charge in [-0.1, -0.05) is 32.0 Å². The Bertz CT molecular complexity index is 940. The molecule has 0 aliphatic carbocycles. The van der Waals surface area contributed by atoms with Gasteiger partial charge in [0.05, 0.1) is 12.8 Å². The molecule has 0 saturated heterocycles. The van der Waals surface area contributed by atoms with Gasteiger partial charge in [0.1, 0.15) is 11.5 Å². The van der Waals surface area contributed by atoms with E-state index in [-0.39, 0.29) is 5.91 Å². The summed E-state index contributed by atoms with van der Waals surface area (Å²) in [6.07, 6.45) is 0. The third kappa shape index (κ3) is 5.07. The quantitative estimate of drug-likeness (QED) is 0.663. The number of benzene rings is 2. The van der Waals surface area contributed by atoms with Gasteiger partial charge in [-0.3, -0.25) is 4.79 Å². The predicted octanol–water partition coefficient (Wildman–Crippen LogP) is 4.33. The smallest absolute Gasteiger partial charge is 0.251 e. The Labute approximate surface area is 164 Å². The number of amides is 1. The van der Waals surface area contributed by atoms with Crippen LogP contribution in [0.5, 0.6) is 17.4 Å². The zero-order valence-electron chi connectivity index (χ0n) is 16.2. The molecule has 28 heavy (non-hydrogen) atoms. The minimum Gasteiger partial charge on any atom is -0.497 e.